The molecule has 29 heavy (non-hydrogen) atoms. The highest BCUT2D eigenvalue weighted by atomic mass is 16.5. The minimum Gasteiger partial charge on any atom is -0.493 e. The number of nitriles is 1. The number of benzene rings is 2. The number of fused-ring (bicyclic) bond motifs is 1. The summed E-state index contributed by atoms with van der Waals surface area (Å²) in [5.41, 5.74) is 4.88. The van der Waals surface area contributed by atoms with Crippen molar-refractivity contribution in [3.05, 3.63) is 66.6 Å². The molecule has 4 aromatic rings. The summed E-state index contributed by atoms with van der Waals surface area (Å²) in [7, 11) is 5.21. The van der Waals surface area contributed by atoms with Crippen molar-refractivity contribution >= 4 is 22.3 Å². The summed E-state index contributed by atoms with van der Waals surface area (Å²) in [6, 6.07) is 16.1. The van der Waals surface area contributed by atoms with Gasteiger partial charge in [-0.25, -0.2) is 0 Å². The fraction of sp³-hybridized carbons (Fsp3) is 0.130. The van der Waals surface area contributed by atoms with Crippen LogP contribution in [-0.2, 0) is 7.05 Å². The van der Waals surface area contributed by atoms with Crippen LogP contribution in [0.15, 0.2) is 61.1 Å². The number of aryl methyl sites for hydroxylation is 1. The third-order valence-corrected chi connectivity index (χ3v) is 4.92. The van der Waals surface area contributed by atoms with Crippen LogP contribution < -0.4 is 14.8 Å². The number of hydrogen-bond donors (Lipinski definition) is 1. The molecule has 0 aliphatic carbocycles. The van der Waals surface area contributed by atoms with Gasteiger partial charge in [0, 0.05) is 47.8 Å². The third-order valence-electron chi connectivity index (χ3n) is 4.92. The molecule has 0 fully saturated rings. The zero-order valence-corrected chi connectivity index (χ0v) is 16.4. The van der Waals surface area contributed by atoms with Crippen LogP contribution in [0.5, 0.6) is 11.5 Å². The summed E-state index contributed by atoms with van der Waals surface area (Å²) in [4.78, 5) is 4.25. The van der Waals surface area contributed by atoms with Gasteiger partial charge in [-0.3, -0.25) is 4.98 Å². The maximum atomic E-state index is 9.65. The maximum Gasteiger partial charge on any atom is 0.161 e. The van der Waals surface area contributed by atoms with Gasteiger partial charge in [0.25, 0.3) is 0 Å². The first-order valence-corrected chi connectivity index (χ1v) is 9.07. The van der Waals surface area contributed by atoms with E-state index in [1.807, 2.05) is 37.5 Å². The summed E-state index contributed by atoms with van der Waals surface area (Å²) < 4.78 is 12.8. The van der Waals surface area contributed by atoms with E-state index in [0.717, 1.165) is 27.7 Å². The van der Waals surface area contributed by atoms with E-state index < -0.39 is 0 Å². The largest absolute Gasteiger partial charge is 0.493 e. The van der Waals surface area contributed by atoms with Crippen LogP contribution in [0.4, 0.5) is 11.4 Å². The first kappa shape index (κ1) is 18.4. The Morgan fingerprint density at radius 2 is 1.83 bits per heavy atom. The number of hydrogen-bond acceptors (Lipinski definition) is 5. The number of ether oxygens (including phenoxy) is 2. The molecule has 0 aliphatic rings. The second kappa shape index (κ2) is 7.56. The normalized spacial score (nSPS) is 10.6. The standard InChI is InChI=1S/C23H20N4O2/c1-27-9-8-16-10-18(5-6-20(16)27)26-23-17(12-24)13-25-14-19(23)15-4-7-21(28-2)22(11-15)29-3/h4-11,13-14H,1-3H3,(H,25,26). The summed E-state index contributed by atoms with van der Waals surface area (Å²) in [6.07, 6.45) is 5.33. The molecule has 2 aromatic heterocycles. The van der Waals surface area contributed by atoms with Crippen molar-refractivity contribution in [3.63, 3.8) is 0 Å². The van der Waals surface area contributed by atoms with Crippen LogP contribution in [0.2, 0.25) is 0 Å². The van der Waals surface area contributed by atoms with Crippen LogP contribution in [0.1, 0.15) is 5.56 Å². The van der Waals surface area contributed by atoms with Gasteiger partial charge in [0.05, 0.1) is 25.5 Å². The molecule has 6 heteroatoms. The Morgan fingerprint density at radius 1 is 1.00 bits per heavy atom. The molecule has 2 aromatic carbocycles. The first-order valence-electron chi connectivity index (χ1n) is 9.07. The monoisotopic (exact) mass is 384 g/mol. The SMILES string of the molecule is COc1ccc(-c2cncc(C#N)c2Nc2ccc3c(ccn3C)c2)cc1OC. The van der Waals surface area contributed by atoms with Crippen molar-refractivity contribution in [2.75, 3.05) is 19.5 Å². The number of pyridine rings is 1. The van der Waals surface area contributed by atoms with E-state index in [-0.39, 0.29) is 0 Å². The number of methoxy groups -OCH3 is 2. The fourth-order valence-electron chi connectivity index (χ4n) is 3.41. The molecular formula is C23H20N4O2. The molecule has 0 saturated heterocycles. The zero-order valence-electron chi connectivity index (χ0n) is 16.4. The Morgan fingerprint density at radius 3 is 2.59 bits per heavy atom. The molecule has 0 bridgehead atoms. The van der Waals surface area contributed by atoms with Gasteiger partial charge in [-0.05, 0) is 42.0 Å². The first-order chi connectivity index (χ1) is 14.1. The average molecular weight is 384 g/mol. The van der Waals surface area contributed by atoms with Crippen molar-refractivity contribution in [1.29, 1.82) is 5.26 Å². The molecule has 4 rings (SSSR count). The number of nitrogens with zero attached hydrogens (tertiary/aromatic N) is 3. The predicted octanol–water partition coefficient (Wildman–Crippen LogP) is 4.87. The summed E-state index contributed by atoms with van der Waals surface area (Å²) in [6.45, 7) is 0. The van der Waals surface area contributed by atoms with Gasteiger partial charge in [0.1, 0.15) is 6.07 Å². The van der Waals surface area contributed by atoms with Crippen molar-refractivity contribution in [1.82, 2.24) is 9.55 Å². The summed E-state index contributed by atoms with van der Waals surface area (Å²) in [5.74, 6) is 1.26. The van der Waals surface area contributed by atoms with Crippen molar-refractivity contribution in [2.45, 2.75) is 0 Å². The highest BCUT2D eigenvalue weighted by Crippen LogP contribution is 2.37. The Labute approximate surface area is 168 Å². The van der Waals surface area contributed by atoms with E-state index in [1.54, 1.807) is 26.6 Å². The van der Waals surface area contributed by atoms with Crippen LogP contribution in [0.3, 0.4) is 0 Å². The van der Waals surface area contributed by atoms with E-state index in [0.29, 0.717) is 22.7 Å². The molecule has 0 amide bonds. The van der Waals surface area contributed by atoms with Gasteiger partial charge in [-0.15, -0.1) is 0 Å². The molecule has 0 aliphatic heterocycles. The molecule has 1 N–H and O–H groups in total. The lowest BCUT2D eigenvalue weighted by Crippen LogP contribution is -1.99. The minimum atomic E-state index is 0.463. The Hall–Kier alpha value is -3.98. The quantitative estimate of drug-likeness (QED) is 0.531. The topological polar surface area (TPSA) is 72.1 Å². The summed E-state index contributed by atoms with van der Waals surface area (Å²) in [5, 5.41) is 14.2. The second-order valence-corrected chi connectivity index (χ2v) is 6.62. The lowest BCUT2D eigenvalue weighted by atomic mass is 10.0. The number of rotatable bonds is 5. The lowest BCUT2D eigenvalue weighted by Gasteiger charge is -2.15. The second-order valence-electron chi connectivity index (χ2n) is 6.62. The smallest absolute Gasteiger partial charge is 0.161 e. The highest BCUT2D eigenvalue weighted by molar-refractivity contribution is 5.89. The van der Waals surface area contributed by atoms with Crippen LogP contribution >= 0.6 is 0 Å². The molecule has 6 nitrogen and oxygen atoms in total. The van der Waals surface area contributed by atoms with E-state index in [4.69, 9.17) is 9.47 Å². The molecule has 0 spiro atoms. The molecule has 0 unspecified atom stereocenters. The van der Waals surface area contributed by atoms with Crippen LogP contribution in [-0.4, -0.2) is 23.8 Å². The van der Waals surface area contributed by atoms with Gasteiger partial charge in [-0.2, -0.15) is 5.26 Å². The predicted molar refractivity (Wildman–Crippen MR) is 114 cm³/mol. The molecule has 0 atom stereocenters. The van der Waals surface area contributed by atoms with Crippen molar-refractivity contribution in [3.8, 4) is 28.7 Å². The number of nitrogens with one attached hydrogen (secondary N) is 1. The van der Waals surface area contributed by atoms with E-state index in [1.165, 1.54) is 0 Å². The summed E-state index contributed by atoms with van der Waals surface area (Å²) >= 11 is 0. The Balaban J connectivity index is 1.81. The number of anilines is 2. The van der Waals surface area contributed by atoms with Gasteiger partial charge in [0.15, 0.2) is 11.5 Å². The molecule has 0 radical (unpaired) electrons. The molecule has 2 heterocycles. The van der Waals surface area contributed by atoms with Crippen molar-refractivity contribution in [2.24, 2.45) is 7.05 Å². The fourth-order valence-corrected chi connectivity index (χ4v) is 3.41. The van der Waals surface area contributed by atoms with Crippen molar-refractivity contribution < 1.29 is 9.47 Å². The Kier molecular flexibility index (Phi) is 4.80. The van der Waals surface area contributed by atoms with E-state index >= 15 is 0 Å². The zero-order chi connectivity index (χ0) is 20.4. The maximum absolute atomic E-state index is 9.65. The minimum absolute atomic E-state index is 0.463. The molecule has 0 saturated carbocycles. The van der Waals surface area contributed by atoms with Crippen LogP contribution in [0, 0.1) is 11.3 Å². The van der Waals surface area contributed by atoms with Gasteiger partial charge >= 0.3 is 0 Å². The Bertz CT molecular complexity index is 1240. The average Bonchev–Trinajstić information content (AvgIpc) is 3.13. The highest BCUT2D eigenvalue weighted by Gasteiger charge is 2.14. The van der Waals surface area contributed by atoms with Gasteiger partial charge < -0.3 is 19.4 Å². The van der Waals surface area contributed by atoms with E-state index in [2.05, 4.69) is 39.1 Å². The molecular weight excluding hydrogens is 364 g/mol. The van der Waals surface area contributed by atoms with Crippen LogP contribution in [0.25, 0.3) is 22.0 Å². The van der Waals surface area contributed by atoms with Gasteiger partial charge in [0.2, 0.25) is 0 Å². The van der Waals surface area contributed by atoms with E-state index in [9.17, 15) is 5.26 Å². The number of aromatic nitrogens is 2. The van der Waals surface area contributed by atoms with Gasteiger partial charge in [-0.1, -0.05) is 6.07 Å². The third kappa shape index (κ3) is 3.34. The lowest BCUT2D eigenvalue weighted by molar-refractivity contribution is 0.355. The molecule has 144 valence electrons.